The molecule has 3 nitrogen and oxygen atoms in total. The summed E-state index contributed by atoms with van der Waals surface area (Å²) in [6.07, 6.45) is 0.928. The van der Waals surface area contributed by atoms with Crippen LogP contribution in [-0.2, 0) is 4.79 Å². The summed E-state index contributed by atoms with van der Waals surface area (Å²) in [4.78, 5) is 14.2. The normalized spacial score (nSPS) is 29.5. The monoisotopic (exact) mass is 293 g/mol. The molecule has 1 amide bonds. The highest BCUT2D eigenvalue weighted by atomic mass is 19.3. The molecule has 3 aliphatic rings. The summed E-state index contributed by atoms with van der Waals surface area (Å²) in [5, 5.41) is 0. The van der Waals surface area contributed by atoms with E-state index in [2.05, 4.69) is 0 Å². The van der Waals surface area contributed by atoms with Gasteiger partial charge in [-0.25, -0.2) is 8.78 Å². The van der Waals surface area contributed by atoms with Crippen LogP contribution in [0.2, 0.25) is 0 Å². The number of carbonyl (C=O) groups is 1. The maximum Gasteiger partial charge on any atom is 0.266 e. The van der Waals surface area contributed by atoms with E-state index in [0.29, 0.717) is 30.8 Å². The molecule has 5 heteroatoms. The van der Waals surface area contributed by atoms with Crippen molar-refractivity contribution in [3.8, 4) is 5.75 Å². The van der Waals surface area contributed by atoms with Crippen molar-refractivity contribution in [2.45, 2.75) is 38.2 Å². The number of nitrogens with zero attached hydrogens (tertiary/aromatic N) is 1. The van der Waals surface area contributed by atoms with Crippen LogP contribution in [0.1, 0.15) is 26.7 Å². The van der Waals surface area contributed by atoms with Gasteiger partial charge in [0.1, 0.15) is 17.3 Å². The van der Waals surface area contributed by atoms with E-state index < -0.39 is 28.8 Å². The molecule has 1 heterocycles. The molecule has 0 bridgehead atoms. The van der Waals surface area contributed by atoms with Crippen molar-refractivity contribution in [1.29, 1.82) is 0 Å². The Bertz CT molecular complexity index is 633. The number of hydrogen-bond acceptors (Lipinski definition) is 2. The fourth-order valence-corrected chi connectivity index (χ4v) is 3.57. The molecule has 2 saturated carbocycles. The van der Waals surface area contributed by atoms with Gasteiger partial charge in [-0.2, -0.15) is 0 Å². The number of anilines is 1. The van der Waals surface area contributed by atoms with Crippen LogP contribution < -0.4 is 9.64 Å². The van der Waals surface area contributed by atoms with Crippen molar-refractivity contribution in [1.82, 2.24) is 0 Å². The maximum atomic E-state index is 13.9. The Morgan fingerprint density at radius 2 is 1.95 bits per heavy atom. The molecular weight excluding hydrogens is 276 g/mol. The van der Waals surface area contributed by atoms with E-state index in [9.17, 15) is 13.6 Å². The van der Waals surface area contributed by atoms with E-state index in [1.807, 2.05) is 19.9 Å². The minimum absolute atomic E-state index is 0.297. The summed E-state index contributed by atoms with van der Waals surface area (Å²) in [5.74, 6) is -3.86. The number of rotatable bonds is 1. The van der Waals surface area contributed by atoms with Crippen molar-refractivity contribution in [3.63, 3.8) is 0 Å². The predicted octanol–water partition coefficient (Wildman–Crippen LogP) is 3.24. The Labute approximate surface area is 121 Å². The molecule has 112 valence electrons. The van der Waals surface area contributed by atoms with Crippen molar-refractivity contribution < 1.29 is 18.3 Å². The SMILES string of the molecule is CC1(C)CN(C(=O)C2C(F)(F)C23CC3)c2ccccc2O1. The number of amides is 1. The minimum atomic E-state index is -2.83. The van der Waals surface area contributed by atoms with Crippen molar-refractivity contribution in [2.75, 3.05) is 11.4 Å². The zero-order chi connectivity index (χ0) is 15.0. The summed E-state index contributed by atoms with van der Waals surface area (Å²) in [6.45, 7) is 4.02. The molecule has 0 radical (unpaired) electrons. The maximum absolute atomic E-state index is 13.9. The second kappa shape index (κ2) is 3.57. The zero-order valence-corrected chi connectivity index (χ0v) is 12.0. The van der Waals surface area contributed by atoms with Crippen LogP contribution in [0, 0.1) is 11.3 Å². The van der Waals surface area contributed by atoms with E-state index in [4.69, 9.17) is 4.74 Å². The molecule has 1 aromatic carbocycles. The van der Waals surface area contributed by atoms with E-state index in [-0.39, 0.29) is 0 Å². The standard InChI is InChI=1S/C16H17F2NO2/c1-14(2)9-19(10-5-3-4-6-11(10)21-14)13(20)12-15(7-8-15)16(12,17)18/h3-6,12H,7-9H2,1-2H3. The van der Waals surface area contributed by atoms with E-state index in [1.54, 1.807) is 18.2 Å². The van der Waals surface area contributed by atoms with E-state index >= 15 is 0 Å². The molecular formula is C16H17F2NO2. The lowest BCUT2D eigenvalue weighted by atomic mass is 10.0. The van der Waals surface area contributed by atoms with E-state index in [1.165, 1.54) is 4.90 Å². The Morgan fingerprint density at radius 3 is 2.57 bits per heavy atom. The van der Waals surface area contributed by atoms with Gasteiger partial charge in [-0.05, 0) is 38.8 Å². The predicted molar refractivity (Wildman–Crippen MR) is 73.6 cm³/mol. The number of fused-ring (bicyclic) bond motifs is 1. The number of para-hydroxylation sites is 2. The Balaban J connectivity index is 1.71. The van der Waals surface area contributed by atoms with Crippen molar-refractivity contribution in [3.05, 3.63) is 24.3 Å². The van der Waals surface area contributed by atoms with Gasteiger partial charge in [0.2, 0.25) is 5.91 Å². The number of hydrogen-bond donors (Lipinski definition) is 0. The second-order valence-electron chi connectivity index (χ2n) is 6.97. The average Bonchev–Trinajstić information content (AvgIpc) is 3.26. The number of benzene rings is 1. The molecule has 21 heavy (non-hydrogen) atoms. The fraction of sp³-hybridized carbons (Fsp3) is 0.562. The lowest BCUT2D eigenvalue weighted by Crippen LogP contribution is -2.50. The van der Waals surface area contributed by atoms with Crippen LogP contribution in [-0.4, -0.2) is 24.0 Å². The number of carbonyl (C=O) groups excluding carboxylic acids is 1. The van der Waals surface area contributed by atoms with Crippen LogP contribution >= 0.6 is 0 Å². The van der Waals surface area contributed by atoms with Crippen LogP contribution in [0.15, 0.2) is 24.3 Å². The van der Waals surface area contributed by atoms with Crippen LogP contribution in [0.25, 0.3) is 0 Å². The average molecular weight is 293 g/mol. The Hall–Kier alpha value is -1.65. The van der Waals surface area contributed by atoms with Gasteiger partial charge in [-0.3, -0.25) is 4.79 Å². The topological polar surface area (TPSA) is 29.5 Å². The molecule has 1 aliphatic heterocycles. The van der Waals surface area contributed by atoms with Crippen LogP contribution in [0.4, 0.5) is 14.5 Å². The number of ether oxygens (including phenoxy) is 1. The third kappa shape index (κ3) is 1.60. The zero-order valence-electron chi connectivity index (χ0n) is 12.0. The molecule has 0 aromatic heterocycles. The van der Waals surface area contributed by atoms with Gasteiger partial charge < -0.3 is 9.64 Å². The van der Waals surface area contributed by atoms with Gasteiger partial charge in [-0.15, -0.1) is 0 Å². The quantitative estimate of drug-likeness (QED) is 0.795. The number of halogens is 2. The molecule has 0 saturated heterocycles. The Kier molecular flexibility index (Phi) is 2.22. The first-order valence-corrected chi connectivity index (χ1v) is 7.26. The first kappa shape index (κ1) is 13.0. The minimum Gasteiger partial charge on any atom is -0.484 e. The molecule has 0 N–H and O–H groups in total. The Morgan fingerprint density at radius 1 is 1.29 bits per heavy atom. The highest BCUT2D eigenvalue weighted by molar-refractivity contribution is 6.00. The van der Waals surface area contributed by atoms with Gasteiger partial charge in [0.15, 0.2) is 0 Å². The highest BCUT2D eigenvalue weighted by Gasteiger charge is 2.89. The van der Waals surface area contributed by atoms with Crippen LogP contribution in [0.5, 0.6) is 5.75 Å². The second-order valence-corrected chi connectivity index (χ2v) is 6.97. The molecule has 1 aromatic rings. The van der Waals surface area contributed by atoms with Gasteiger partial charge in [-0.1, -0.05) is 12.1 Å². The largest absolute Gasteiger partial charge is 0.484 e. The first-order valence-electron chi connectivity index (χ1n) is 7.26. The highest BCUT2D eigenvalue weighted by Crippen LogP contribution is 2.80. The molecule has 2 aliphatic carbocycles. The fourth-order valence-electron chi connectivity index (χ4n) is 3.57. The molecule has 1 unspecified atom stereocenters. The molecule has 4 rings (SSSR count). The third-order valence-corrected chi connectivity index (χ3v) is 4.88. The van der Waals surface area contributed by atoms with Gasteiger partial charge in [0.05, 0.1) is 17.6 Å². The third-order valence-electron chi connectivity index (χ3n) is 4.88. The van der Waals surface area contributed by atoms with Crippen molar-refractivity contribution >= 4 is 11.6 Å². The van der Waals surface area contributed by atoms with Crippen molar-refractivity contribution in [2.24, 2.45) is 11.3 Å². The number of alkyl halides is 2. The first-order chi connectivity index (χ1) is 9.79. The summed E-state index contributed by atoms with van der Waals surface area (Å²) >= 11 is 0. The summed E-state index contributed by atoms with van der Waals surface area (Å²) in [7, 11) is 0. The molecule has 1 atom stereocenters. The summed E-state index contributed by atoms with van der Waals surface area (Å²) < 4.78 is 33.7. The van der Waals surface area contributed by atoms with Gasteiger partial charge in [0, 0.05) is 0 Å². The van der Waals surface area contributed by atoms with Gasteiger partial charge in [0.25, 0.3) is 5.92 Å². The summed E-state index contributed by atoms with van der Waals surface area (Å²) in [5.41, 5.74) is -1.01. The summed E-state index contributed by atoms with van der Waals surface area (Å²) in [6, 6.07) is 7.13. The molecule has 1 spiro atoms. The lowest BCUT2D eigenvalue weighted by Gasteiger charge is -2.39. The smallest absolute Gasteiger partial charge is 0.266 e. The van der Waals surface area contributed by atoms with Gasteiger partial charge >= 0.3 is 0 Å². The lowest BCUT2D eigenvalue weighted by molar-refractivity contribution is -0.122. The van der Waals surface area contributed by atoms with E-state index in [0.717, 1.165) is 0 Å². The molecule has 2 fully saturated rings. The van der Waals surface area contributed by atoms with Crippen LogP contribution in [0.3, 0.4) is 0 Å².